The molecule has 0 amide bonds. The molecule has 0 aromatic rings. The third kappa shape index (κ3) is 544. The molecule has 40 valence electrons. The second-order valence-electron chi connectivity index (χ2n) is 0.394. The van der Waals surface area contributed by atoms with Gasteiger partial charge in [-0.1, -0.05) is 0 Å². The fourth-order valence-electron chi connectivity index (χ4n) is 0. The summed E-state index contributed by atoms with van der Waals surface area (Å²) in [6.07, 6.45) is 0. The standard InChI is InChI=1S/C2H3O2.ClH.Pd/c1-2(3)4;;/h1H2,(H,3,4);1H;/q-1;;+2/p-1. The Morgan fingerprint density at radius 3 is 1.83 bits per heavy atom. The molecule has 0 heterocycles. The monoisotopic (exact) mass is 200 g/mol. The van der Waals surface area contributed by atoms with E-state index in [1.165, 1.54) is 0 Å². The summed E-state index contributed by atoms with van der Waals surface area (Å²) in [6.45, 7) is 2.56. The summed E-state index contributed by atoms with van der Waals surface area (Å²) in [4.78, 5) is 8.89. The molecule has 1 N–H and O–H groups in total. The van der Waals surface area contributed by atoms with Crippen LogP contribution in [0.1, 0.15) is 0 Å². The van der Waals surface area contributed by atoms with Gasteiger partial charge < -0.3 is 5.11 Å². The Bertz CT molecular complexity index is 34.5. The Kier molecular flexibility index (Phi) is 14.3. The summed E-state index contributed by atoms with van der Waals surface area (Å²) in [5, 5.41) is 7.31. The fourth-order valence-corrected chi connectivity index (χ4v) is 0. The third-order valence-electron chi connectivity index (χ3n) is 0. The quantitative estimate of drug-likeness (QED) is 0.460. The Morgan fingerprint density at radius 1 is 1.83 bits per heavy atom. The van der Waals surface area contributed by atoms with Gasteiger partial charge in [-0.25, -0.2) is 0 Å². The van der Waals surface area contributed by atoms with Crippen molar-refractivity contribution in [1.29, 1.82) is 0 Å². The molecule has 0 aromatic heterocycles. The van der Waals surface area contributed by atoms with Gasteiger partial charge in [0.25, 0.3) is 0 Å². The van der Waals surface area contributed by atoms with Gasteiger partial charge in [-0.15, -0.1) is 0 Å². The number of halogens is 1. The van der Waals surface area contributed by atoms with E-state index in [1.807, 2.05) is 0 Å². The first-order chi connectivity index (χ1) is 2.73. The molecule has 0 bridgehead atoms. The number of carboxylic acid groups (broad SMARTS) is 1. The van der Waals surface area contributed by atoms with Crippen molar-refractivity contribution in [3.63, 3.8) is 0 Å². The summed E-state index contributed by atoms with van der Waals surface area (Å²) in [6, 6.07) is 0. The van der Waals surface area contributed by atoms with Crippen LogP contribution in [0.4, 0.5) is 0 Å². The SMILES string of the molecule is [CH2-]C(=O)O.[Cl][Pd+]. The van der Waals surface area contributed by atoms with Gasteiger partial charge in [-0.3, -0.25) is 11.7 Å². The summed E-state index contributed by atoms with van der Waals surface area (Å²) >= 11 is 2.22. The average Bonchev–Trinajstić information content (AvgIpc) is 1.41. The molecule has 0 aromatic carbocycles. The van der Waals surface area contributed by atoms with Crippen LogP contribution >= 0.6 is 9.53 Å². The predicted octanol–water partition coefficient (Wildman–Crippen LogP) is 0.592. The molecular formula is C2H3ClO2Pd. The van der Waals surface area contributed by atoms with Crippen LogP contribution in [-0.4, -0.2) is 11.1 Å². The molecule has 0 radical (unpaired) electrons. The maximum absolute atomic E-state index is 8.89. The predicted molar refractivity (Wildman–Crippen MR) is 18.8 cm³/mol. The van der Waals surface area contributed by atoms with Gasteiger partial charge in [0.15, 0.2) is 5.97 Å². The van der Waals surface area contributed by atoms with E-state index in [0.29, 0.717) is 0 Å². The van der Waals surface area contributed by atoms with Crippen molar-refractivity contribution in [2.75, 3.05) is 0 Å². The van der Waals surface area contributed by atoms with Crippen LogP contribution in [0.2, 0.25) is 0 Å². The van der Waals surface area contributed by atoms with Crippen molar-refractivity contribution in [2.45, 2.75) is 0 Å². The van der Waals surface area contributed by atoms with Gasteiger partial charge in [-0.05, 0) is 0 Å². The first-order valence-electron chi connectivity index (χ1n) is 0.901. The Hall–Kier alpha value is 0.292. The van der Waals surface area contributed by atoms with Crippen molar-refractivity contribution in [3.05, 3.63) is 6.92 Å². The summed E-state index contributed by atoms with van der Waals surface area (Å²) in [5.74, 6) is -1.08. The molecule has 0 fully saturated rings. The zero-order valence-corrected chi connectivity index (χ0v) is 5.07. The first kappa shape index (κ1) is 9.57. The molecule has 0 aliphatic rings. The summed E-state index contributed by atoms with van der Waals surface area (Å²) in [7, 11) is 4.49. The molecule has 0 atom stereocenters. The molecule has 0 unspecified atom stereocenters. The molecule has 2 nitrogen and oxygen atoms in total. The van der Waals surface area contributed by atoms with Crippen LogP contribution in [0, 0.1) is 6.92 Å². The zero-order chi connectivity index (χ0) is 5.58. The minimum atomic E-state index is -1.08. The Balaban J connectivity index is 0. The second-order valence-corrected chi connectivity index (χ2v) is 0.394. The number of hydrogen-bond donors (Lipinski definition) is 1. The number of hydrogen-bond acceptors (Lipinski definition) is 1. The van der Waals surface area contributed by atoms with Gasteiger partial charge in [-0.2, -0.15) is 0 Å². The van der Waals surface area contributed by atoms with E-state index in [-0.39, 0.29) is 0 Å². The number of aliphatic carboxylic acids is 1. The fraction of sp³-hybridized carbons (Fsp3) is 0. The van der Waals surface area contributed by atoms with E-state index in [1.54, 1.807) is 0 Å². The number of rotatable bonds is 0. The average molecular weight is 201 g/mol. The molecular weight excluding hydrogens is 198 g/mol. The molecule has 6 heavy (non-hydrogen) atoms. The molecule has 0 rings (SSSR count). The van der Waals surface area contributed by atoms with Crippen LogP contribution in [-0.2, 0) is 23.0 Å². The molecule has 4 heteroatoms. The second kappa shape index (κ2) is 9.00. The Morgan fingerprint density at radius 2 is 1.83 bits per heavy atom. The number of carbonyl (C=O) groups is 1. The third-order valence-corrected chi connectivity index (χ3v) is 0. The van der Waals surface area contributed by atoms with Crippen LogP contribution in [0.5, 0.6) is 0 Å². The van der Waals surface area contributed by atoms with E-state index in [2.05, 4.69) is 34.6 Å². The minimum absolute atomic E-state index is 1.08. The van der Waals surface area contributed by atoms with Crippen LogP contribution in [0.25, 0.3) is 0 Å². The van der Waals surface area contributed by atoms with Gasteiger partial charge >= 0.3 is 27.7 Å². The molecule has 0 aliphatic heterocycles. The van der Waals surface area contributed by atoms with Crippen molar-refractivity contribution in [2.24, 2.45) is 0 Å². The van der Waals surface area contributed by atoms with E-state index < -0.39 is 5.97 Å². The topological polar surface area (TPSA) is 37.3 Å². The van der Waals surface area contributed by atoms with Crippen molar-refractivity contribution in [1.82, 2.24) is 0 Å². The van der Waals surface area contributed by atoms with Crippen molar-refractivity contribution in [3.8, 4) is 0 Å². The summed E-state index contributed by atoms with van der Waals surface area (Å²) < 4.78 is 0. The van der Waals surface area contributed by atoms with Crippen molar-refractivity contribution >= 4 is 15.5 Å². The summed E-state index contributed by atoms with van der Waals surface area (Å²) in [5.41, 5.74) is 0. The van der Waals surface area contributed by atoms with Gasteiger partial charge in [0.1, 0.15) is 0 Å². The van der Waals surface area contributed by atoms with E-state index in [9.17, 15) is 0 Å². The van der Waals surface area contributed by atoms with Crippen LogP contribution < -0.4 is 0 Å². The molecule has 0 saturated carbocycles. The first-order valence-corrected chi connectivity index (χ1v) is 2.90. The van der Waals surface area contributed by atoms with E-state index in [4.69, 9.17) is 9.90 Å². The molecule has 0 spiro atoms. The van der Waals surface area contributed by atoms with E-state index in [0.717, 1.165) is 0 Å². The van der Waals surface area contributed by atoms with Gasteiger partial charge in [0.2, 0.25) is 0 Å². The molecule has 0 aliphatic carbocycles. The maximum atomic E-state index is 8.89. The number of carboxylic acids is 1. The van der Waals surface area contributed by atoms with Crippen molar-refractivity contribution < 1.29 is 28.1 Å². The van der Waals surface area contributed by atoms with Crippen LogP contribution in [0.15, 0.2) is 0 Å². The van der Waals surface area contributed by atoms with Crippen LogP contribution in [0.3, 0.4) is 0 Å². The Labute approximate surface area is 50.9 Å². The zero-order valence-electron chi connectivity index (χ0n) is 2.76. The van der Waals surface area contributed by atoms with Gasteiger partial charge in [0.05, 0.1) is 0 Å². The van der Waals surface area contributed by atoms with Gasteiger partial charge in [0, 0.05) is 0 Å². The normalized spacial score (nSPS) is 5.17. The molecule has 0 saturated heterocycles. The van der Waals surface area contributed by atoms with E-state index >= 15 is 0 Å².